The minimum Gasteiger partial charge on any atom is -0.493 e. The fourth-order valence-corrected chi connectivity index (χ4v) is 4.83. The Morgan fingerprint density at radius 1 is 1.30 bits per heavy atom. The molecular formula is C23H25FN4O2. The summed E-state index contributed by atoms with van der Waals surface area (Å²) in [6.45, 7) is 5.75. The Morgan fingerprint density at radius 2 is 2.17 bits per heavy atom. The average Bonchev–Trinajstić information content (AvgIpc) is 3.28. The molecule has 4 heterocycles. The van der Waals surface area contributed by atoms with Crippen LogP contribution in [0.15, 0.2) is 30.5 Å². The van der Waals surface area contributed by atoms with Crippen molar-refractivity contribution in [2.24, 2.45) is 0 Å². The summed E-state index contributed by atoms with van der Waals surface area (Å²) in [5.41, 5.74) is 6.02. The molecule has 0 saturated carbocycles. The summed E-state index contributed by atoms with van der Waals surface area (Å²) in [6, 6.07) is 6.96. The van der Waals surface area contributed by atoms with Gasteiger partial charge in [0, 0.05) is 47.3 Å². The van der Waals surface area contributed by atoms with Crippen LogP contribution in [0.2, 0.25) is 0 Å². The molecule has 2 aliphatic heterocycles. The first kappa shape index (κ1) is 19.1. The lowest BCUT2D eigenvalue weighted by molar-refractivity contribution is 0.263. The van der Waals surface area contributed by atoms with Gasteiger partial charge in [-0.25, -0.2) is 9.37 Å². The number of benzene rings is 1. The molecule has 0 saturated heterocycles. The van der Waals surface area contributed by atoms with Gasteiger partial charge in [-0.1, -0.05) is 6.92 Å². The van der Waals surface area contributed by atoms with Crippen LogP contribution in [0.25, 0.3) is 11.1 Å². The zero-order valence-corrected chi connectivity index (χ0v) is 17.2. The van der Waals surface area contributed by atoms with Crippen LogP contribution in [0.3, 0.4) is 0 Å². The largest absolute Gasteiger partial charge is 0.493 e. The molecule has 30 heavy (non-hydrogen) atoms. The van der Waals surface area contributed by atoms with E-state index in [0.29, 0.717) is 25.3 Å². The number of pyridine rings is 1. The molecule has 5 rings (SSSR count). The number of halogens is 1. The standard InChI is InChI=1S/C23H25FN4O2/c1-13-17-10-16(24)3-4-21(17)30-8-5-20-22(14(2)27-28(20)6-7-29)15-9-18-19(13)12-26-23(18)25-11-15/h3-4,9-11,13,19,29H,5-8,12H2,1-2H3,(H,25,26). The maximum absolute atomic E-state index is 14.1. The monoisotopic (exact) mass is 408 g/mol. The van der Waals surface area contributed by atoms with Crippen molar-refractivity contribution in [1.29, 1.82) is 0 Å². The summed E-state index contributed by atoms with van der Waals surface area (Å²) < 4.78 is 22.1. The number of nitrogens with one attached hydrogen (secondary N) is 1. The number of ether oxygens (including phenoxy) is 1. The minimum absolute atomic E-state index is 0.0163. The van der Waals surface area contributed by atoms with Crippen molar-refractivity contribution in [3.8, 4) is 16.9 Å². The normalized spacial score (nSPS) is 19.7. The summed E-state index contributed by atoms with van der Waals surface area (Å²) in [5.74, 6) is 1.57. The van der Waals surface area contributed by atoms with Crippen LogP contribution in [0.4, 0.5) is 10.2 Å². The van der Waals surface area contributed by atoms with Gasteiger partial charge in [0.15, 0.2) is 0 Å². The third-order valence-corrected chi connectivity index (χ3v) is 6.30. The van der Waals surface area contributed by atoms with Gasteiger partial charge in [-0.3, -0.25) is 4.68 Å². The summed E-state index contributed by atoms with van der Waals surface area (Å²) >= 11 is 0. The molecule has 1 aromatic carbocycles. The number of aliphatic hydroxyl groups excluding tert-OH is 1. The lowest BCUT2D eigenvalue weighted by Crippen LogP contribution is -2.15. The maximum Gasteiger partial charge on any atom is 0.129 e. The Bertz CT molecular complexity index is 1110. The van der Waals surface area contributed by atoms with Gasteiger partial charge in [0.25, 0.3) is 0 Å². The Balaban J connectivity index is 1.70. The van der Waals surface area contributed by atoms with E-state index in [1.54, 1.807) is 12.1 Å². The number of nitrogens with zero attached hydrogens (tertiary/aromatic N) is 3. The van der Waals surface area contributed by atoms with Crippen LogP contribution >= 0.6 is 0 Å². The van der Waals surface area contributed by atoms with E-state index in [4.69, 9.17) is 4.74 Å². The highest BCUT2D eigenvalue weighted by Gasteiger charge is 2.32. The molecule has 3 aromatic rings. The molecule has 0 aliphatic carbocycles. The fraction of sp³-hybridized carbons (Fsp3) is 0.391. The van der Waals surface area contributed by atoms with Gasteiger partial charge in [-0.15, -0.1) is 0 Å². The van der Waals surface area contributed by atoms with E-state index >= 15 is 0 Å². The molecule has 2 bridgehead atoms. The molecule has 6 nitrogen and oxygen atoms in total. The molecule has 7 heteroatoms. The quantitative estimate of drug-likeness (QED) is 0.678. The van der Waals surface area contributed by atoms with Crippen molar-refractivity contribution >= 4 is 5.82 Å². The summed E-state index contributed by atoms with van der Waals surface area (Å²) in [6.07, 6.45) is 2.51. The molecule has 2 aromatic heterocycles. The zero-order chi connectivity index (χ0) is 20.8. The van der Waals surface area contributed by atoms with Gasteiger partial charge in [0.05, 0.1) is 31.1 Å². The lowest BCUT2D eigenvalue weighted by Gasteiger charge is -2.23. The van der Waals surface area contributed by atoms with Crippen molar-refractivity contribution < 1.29 is 14.2 Å². The number of aromatic nitrogens is 3. The zero-order valence-electron chi connectivity index (χ0n) is 17.2. The van der Waals surface area contributed by atoms with Gasteiger partial charge < -0.3 is 15.2 Å². The summed E-state index contributed by atoms with van der Waals surface area (Å²) in [7, 11) is 0. The van der Waals surface area contributed by atoms with Crippen LogP contribution in [0.5, 0.6) is 5.75 Å². The highest BCUT2D eigenvalue weighted by molar-refractivity contribution is 5.72. The highest BCUT2D eigenvalue weighted by Crippen LogP contribution is 2.44. The average molecular weight is 408 g/mol. The third kappa shape index (κ3) is 3.04. The lowest BCUT2D eigenvalue weighted by atomic mass is 9.83. The highest BCUT2D eigenvalue weighted by atomic mass is 19.1. The fourth-order valence-electron chi connectivity index (χ4n) is 4.83. The first-order valence-corrected chi connectivity index (χ1v) is 10.4. The Kier molecular flexibility index (Phi) is 4.70. The first-order chi connectivity index (χ1) is 14.6. The second-order valence-electron chi connectivity index (χ2n) is 8.07. The van der Waals surface area contributed by atoms with Crippen molar-refractivity contribution in [3.63, 3.8) is 0 Å². The van der Waals surface area contributed by atoms with Crippen LogP contribution < -0.4 is 10.1 Å². The molecule has 0 spiro atoms. The number of aryl methyl sites for hydroxylation is 1. The van der Waals surface area contributed by atoms with E-state index in [1.165, 1.54) is 6.07 Å². The molecule has 2 atom stereocenters. The molecule has 2 N–H and O–H groups in total. The number of anilines is 1. The van der Waals surface area contributed by atoms with Crippen molar-refractivity contribution in [2.45, 2.75) is 38.6 Å². The number of hydrogen-bond donors (Lipinski definition) is 2. The van der Waals surface area contributed by atoms with Crippen molar-refractivity contribution in [2.75, 3.05) is 25.1 Å². The van der Waals surface area contributed by atoms with E-state index in [1.807, 2.05) is 17.8 Å². The van der Waals surface area contributed by atoms with E-state index in [2.05, 4.69) is 28.4 Å². The minimum atomic E-state index is -0.256. The number of hydrogen-bond acceptors (Lipinski definition) is 5. The maximum atomic E-state index is 14.1. The van der Waals surface area contributed by atoms with Gasteiger partial charge >= 0.3 is 0 Å². The topological polar surface area (TPSA) is 72.2 Å². The Hall–Kier alpha value is -2.93. The van der Waals surface area contributed by atoms with Gasteiger partial charge in [0.2, 0.25) is 0 Å². The van der Waals surface area contributed by atoms with Gasteiger partial charge in [-0.2, -0.15) is 5.10 Å². The predicted octanol–water partition coefficient (Wildman–Crippen LogP) is 3.63. The van der Waals surface area contributed by atoms with E-state index in [0.717, 1.165) is 46.0 Å². The van der Waals surface area contributed by atoms with Gasteiger partial charge in [0.1, 0.15) is 17.4 Å². The molecule has 0 radical (unpaired) electrons. The second kappa shape index (κ2) is 7.40. The molecule has 156 valence electrons. The molecule has 2 unspecified atom stereocenters. The smallest absolute Gasteiger partial charge is 0.129 e. The predicted molar refractivity (Wildman–Crippen MR) is 113 cm³/mol. The number of aliphatic hydroxyl groups is 1. The van der Waals surface area contributed by atoms with E-state index in [-0.39, 0.29) is 24.3 Å². The summed E-state index contributed by atoms with van der Waals surface area (Å²) in [4.78, 5) is 4.69. The SMILES string of the molecule is Cc1nn(CCO)c2c1-c1cnc3c(c1)C(CN3)C(C)c1cc(F)ccc1OCC2. The second-order valence-corrected chi connectivity index (χ2v) is 8.07. The van der Waals surface area contributed by atoms with Crippen LogP contribution in [-0.4, -0.2) is 39.6 Å². The number of rotatable bonds is 2. The molecule has 0 fully saturated rings. The molecule has 2 aliphatic rings. The Labute approximate surface area is 174 Å². The Morgan fingerprint density at radius 3 is 3.00 bits per heavy atom. The van der Waals surface area contributed by atoms with Gasteiger partial charge in [-0.05, 0) is 37.1 Å². The van der Waals surface area contributed by atoms with E-state index < -0.39 is 0 Å². The van der Waals surface area contributed by atoms with Crippen LogP contribution in [0, 0.1) is 12.7 Å². The molecular weight excluding hydrogens is 383 g/mol. The molecule has 0 amide bonds. The number of fused-ring (bicyclic) bond motifs is 4. The van der Waals surface area contributed by atoms with Crippen LogP contribution in [0.1, 0.15) is 41.3 Å². The van der Waals surface area contributed by atoms with Crippen molar-refractivity contribution in [1.82, 2.24) is 14.8 Å². The first-order valence-electron chi connectivity index (χ1n) is 10.4. The van der Waals surface area contributed by atoms with E-state index in [9.17, 15) is 9.50 Å². The third-order valence-electron chi connectivity index (χ3n) is 6.30. The summed E-state index contributed by atoms with van der Waals surface area (Å²) in [5, 5.41) is 17.6. The van der Waals surface area contributed by atoms with Crippen molar-refractivity contribution in [3.05, 3.63) is 58.8 Å². The van der Waals surface area contributed by atoms with Crippen LogP contribution in [-0.2, 0) is 13.0 Å².